The molecule has 1 rings (SSSR count). The van der Waals surface area contributed by atoms with Gasteiger partial charge in [0.2, 0.25) is 0 Å². The molecule has 1 aromatic carbocycles. The first-order valence-corrected chi connectivity index (χ1v) is 5.55. The number of ether oxygens (including phenoxy) is 2. The minimum absolute atomic E-state index is 0. The lowest BCUT2D eigenvalue weighted by Crippen LogP contribution is -2.37. The zero-order valence-electron chi connectivity index (χ0n) is 11.5. The molecule has 108 valence electrons. The van der Waals surface area contributed by atoms with E-state index in [1.54, 1.807) is 26.0 Å². The standard InChI is InChI=1S/C13H19NO4.ClH/c1-13(2,12(16)18-4)11(14)9-6-5-8(17-3)7-10(9)15;/h5-7,11,15H,14H2,1-4H3;1H/t11-;/m0./s1. The van der Waals surface area contributed by atoms with Crippen LogP contribution >= 0.6 is 12.4 Å². The smallest absolute Gasteiger partial charge is 0.313 e. The van der Waals surface area contributed by atoms with Crippen LogP contribution < -0.4 is 10.5 Å². The van der Waals surface area contributed by atoms with Gasteiger partial charge in [-0.25, -0.2) is 0 Å². The molecule has 6 heteroatoms. The fourth-order valence-electron chi connectivity index (χ4n) is 1.69. The summed E-state index contributed by atoms with van der Waals surface area (Å²) in [5, 5.41) is 9.90. The molecule has 0 saturated carbocycles. The van der Waals surface area contributed by atoms with Gasteiger partial charge in [-0.2, -0.15) is 0 Å². The van der Waals surface area contributed by atoms with Gasteiger partial charge in [-0.3, -0.25) is 4.79 Å². The van der Waals surface area contributed by atoms with Crippen molar-refractivity contribution in [1.29, 1.82) is 0 Å². The van der Waals surface area contributed by atoms with Crippen LogP contribution in [0.5, 0.6) is 11.5 Å². The van der Waals surface area contributed by atoms with Crippen molar-refractivity contribution < 1.29 is 19.4 Å². The number of esters is 1. The summed E-state index contributed by atoms with van der Waals surface area (Å²) in [6.45, 7) is 3.35. The van der Waals surface area contributed by atoms with Crippen LogP contribution in [0, 0.1) is 5.41 Å². The number of methoxy groups -OCH3 is 2. The van der Waals surface area contributed by atoms with Gasteiger partial charge in [0.05, 0.1) is 19.6 Å². The van der Waals surface area contributed by atoms with Crippen LogP contribution in [0.15, 0.2) is 18.2 Å². The quantitative estimate of drug-likeness (QED) is 0.829. The third kappa shape index (κ3) is 3.52. The van der Waals surface area contributed by atoms with E-state index in [1.165, 1.54) is 20.3 Å². The molecule has 0 amide bonds. The maximum Gasteiger partial charge on any atom is 0.313 e. The number of carbonyl (C=O) groups is 1. The minimum atomic E-state index is -0.930. The molecule has 0 aliphatic rings. The van der Waals surface area contributed by atoms with Gasteiger partial charge >= 0.3 is 5.97 Å². The zero-order valence-corrected chi connectivity index (χ0v) is 12.3. The van der Waals surface area contributed by atoms with Gasteiger partial charge in [0, 0.05) is 17.7 Å². The second-order valence-corrected chi connectivity index (χ2v) is 4.62. The SMILES string of the molecule is COC(=O)C(C)(C)[C@@H](N)c1ccc(OC)cc1O.Cl. The molecule has 0 aliphatic carbocycles. The Morgan fingerprint density at radius 1 is 1.37 bits per heavy atom. The van der Waals surface area contributed by atoms with Gasteiger partial charge in [0.15, 0.2) is 0 Å². The lowest BCUT2D eigenvalue weighted by Gasteiger charge is -2.29. The van der Waals surface area contributed by atoms with Crippen molar-refractivity contribution in [3.05, 3.63) is 23.8 Å². The first-order valence-electron chi connectivity index (χ1n) is 5.55. The molecular formula is C13H20ClNO4. The van der Waals surface area contributed by atoms with E-state index in [-0.39, 0.29) is 18.2 Å². The third-order valence-corrected chi connectivity index (χ3v) is 3.06. The topological polar surface area (TPSA) is 81.8 Å². The average Bonchev–Trinajstić information content (AvgIpc) is 2.36. The summed E-state index contributed by atoms with van der Waals surface area (Å²) in [5.74, 6) is 0.100. The second-order valence-electron chi connectivity index (χ2n) is 4.62. The van der Waals surface area contributed by atoms with E-state index in [1.807, 2.05) is 0 Å². The summed E-state index contributed by atoms with van der Waals surface area (Å²) >= 11 is 0. The molecule has 0 aliphatic heterocycles. The molecule has 5 nitrogen and oxygen atoms in total. The third-order valence-electron chi connectivity index (χ3n) is 3.06. The molecule has 1 aromatic rings. The van der Waals surface area contributed by atoms with Crippen molar-refractivity contribution >= 4 is 18.4 Å². The van der Waals surface area contributed by atoms with E-state index in [0.717, 1.165) is 0 Å². The predicted octanol–water partition coefficient (Wildman–Crippen LogP) is 2.02. The van der Waals surface area contributed by atoms with Crippen LogP contribution in [0.2, 0.25) is 0 Å². The van der Waals surface area contributed by atoms with Crippen LogP contribution in [0.25, 0.3) is 0 Å². The Balaban J connectivity index is 0.00000324. The van der Waals surface area contributed by atoms with Gasteiger partial charge in [0.25, 0.3) is 0 Å². The Hall–Kier alpha value is -1.46. The summed E-state index contributed by atoms with van der Waals surface area (Å²) in [6.07, 6.45) is 0. The van der Waals surface area contributed by atoms with Gasteiger partial charge in [-0.1, -0.05) is 6.07 Å². The predicted molar refractivity (Wildman–Crippen MR) is 74.6 cm³/mol. The van der Waals surface area contributed by atoms with Gasteiger partial charge in [-0.15, -0.1) is 12.4 Å². The monoisotopic (exact) mass is 289 g/mol. The lowest BCUT2D eigenvalue weighted by atomic mass is 9.80. The molecule has 19 heavy (non-hydrogen) atoms. The van der Waals surface area contributed by atoms with E-state index in [2.05, 4.69) is 0 Å². The molecule has 0 unspecified atom stereocenters. The molecular weight excluding hydrogens is 270 g/mol. The summed E-state index contributed by atoms with van der Waals surface area (Å²) in [5.41, 5.74) is 5.59. The van der Waals surface area contributed by atoms with E-state index >= 15 is 0 Å². The van der Waals surface area contributed by atoms with E-state index < -0.39 is 17.4 Å². The largest absolute Gasteiger partial charge is 0.507 e. The van der Waals surface area contributed by atoms with Crippen molar-refractivity contribution in [2.45, 2.75) is 19.9 Å². The number of phenols is 1. The van der Waals surface area contributed by atoms with Crippen LogP contribution in [0.3, 0.4) is 0 Å². The summed E-state index contributed by atoms with van der Waals surface area (Å²) in [6, 6.07) is 4.12. The Kier molecular flexibility index (Phi) is 6.12. The fraction of sp³-hybridized carbons (Fsp3) is 0.462. The molecule has 0 spiro atoms. The number of halogens is 1. The Bertz CT molecular complexity index is 448. The molecule has 0 aromatic heterocycles. The molecule has 1 atom stereocenters. The van der Waals surface area contributed by atoms with E-state index in [0.29, 0.717) is 11.3 Å². The first kappa shape index (κ1) is 17.5. The summed E-state index contributed by atoms with van der Waals surface area (Å²) in [7, 11) is 2.82. The average molecular weight is 290 g/mol. The highest BCUT2D eigenvalue weighted by molar-refractivity contribution is 5.85. The maximum atomic E-state index is 11.7. The van der Waals surface area contributed by atoms with Crippen LogP contribution in [0.1, 0.15) is 25.5 Å². The van der Waals surface area contributed by atoms with Crippen LogP contribution in [-0.4, -0.2) is 25.3 Å². The van der Waals surface area contributed by atoms with Crippen molar-refractivity contribution in [1.82, 2.24) is 0 Å². The van der Waals surface area contributed by atoms with E-state index in [4.69, 9.17) is 15.2 Å². The first-order chi connectivity index (χ1) is 8.34. The normalized spacial score (nSPS) is 12.3. The van der Waals surface area contributed by atoms with Crippen LogP contribution in [-0.2, 0) is 9.53 Å². The lowest BCUT2D eigenvalue weighted by molar-refractivity contribution is -0.152. The number of benzene rings is 1. The minimum Gasteiger partial charge on any atom is -0.507 e. The van der Waals surface area contributed by atoms with Crippen molar-refractivity contribution in [2.24, 2.45) is 11.1 Å². The Morgan fingerprint density at radius 3 is 2.37 bits per heavy atom. The number of hydrogen-bond acceptors (Lipinski definition) is 5. The Morgan fingerprint density at radius 2 is 1.95 bits per heavy atom. The van der Waals surface area contributed by atoms with Crippen LogP contribution in [0.4, 0.5) is 0 Å². The number of carbonyl (C=O) groups excluding carboxylic acids is 1. The van der Waals surface area contributed by atoms with Crippen molar-refractivity contribution in [3.63, 3.8) is 0 Å². The number of phenolic OH excluding ortho intramolecular Hbond substituents is 1. The highest BCUT2D eigenvalue weighted by Crippen LogP contribution is 2.37. The van der Waals surface area contributed by atoms with Gasteiger partial charge in [0.1, 0.15) is 11.5 Å². The van der Waals surface area contributed by atoms with E-state index in [9.17, 15) is 9.90 Å². The number of nitrogens with two attached hydrogens (primary N) is 1. The maximum absolute atomic E-state index is 11.7. The summed E-state index contributed by atoms with van der Waals surface area (Å²) < 4.78 is 9.71. The molecule has 0 radical (unpaired) electrons. The number of aromatic hydroxyl groups is 1. The fourth-order valence-corrected chi connectivity index (χ4v) is 1.69. The molecule has 0 fully saturated rings. The second kappa shape index (κ2) is 6.63. The summed E-state index contributed by atoms with van der Waals surface area (Å²) in [4.78, 5) is 11.7. The molecule has 0 bridgehead atoms. The van der Waals surface area contributed by atoms with Gasteiger partial charge < -0.3 is 20.3 Å². The zero-order chi connectivity index (χ0) is 13.9. The highest BCUT2D eigenvalue weighted by atomic mass is 35.5. The number of rotatable bonds is 4. The van der Waals surface area contributed by atoms with Gasteiger partial charge in [-0.05, 0) is 19.9 Å². The molecule has 0 saturated heterocycles. The Labute approximate surface area is 119 Å². The van der Waals surface area contributed by atoms with Crippen molar-refractivity contribution in [3.8, 4) is 11.5 Å². The highest BCUT2D eigenvalue weighted by Gasteiger charge is 2.37. The molecule has 3 N–H and O–H groups in total. The molecule has 0 heterocycles. The van der Waals surface area contributed by atoms with Crippen molar-refractivity contribution in [2.75, 3.05) is 14.2 Å². The number of hydrogen-bond donors (Lipinski definition) is 2.